The second-order valence-electron chi connectivity index (χ2n) is 5.73. The molecule has 0 aromatic carbocycles. The molecule has 0 aromatic rings. The molecule has 2 amide bonds. The molecule has 1 atom stereocenters. The lowest BCUT2D eigenvalue weighted by Crippen LogP contribution is -2.54. The van der Waals surface area contributed by atoms with Crippen LogP contribution >= 0.6 is 0 Å². The third-order valence-electron chi connectivity index (χ3n) is 3.85. The number of hydrogen-bond acceptors (Lipinski definition) is 6. The standard InChI is InChI=1S/C16H29N3O5/c1-3-5-12-24-16(22)19-10-8-18(9-11-19)15(21)13(17)6-7-14(20)23-4-2/h13H,3-12,17H2,1-2H3. The number of carbonyl (C=O) groups is 3. The molecule has 1 fully saturated rings. The highest BCUT2D eigenvalue weighted by molar-refractivity contribution is 5.82. The minimum absolute atomic E-state index is 0.129. The zero-order valence-electron chi connectivity index (χ0n) is 14.7. The minimum atomic E-state index is -0.725. The fourth-order valence-electron chi connectivity index (χ4n) is 2.37. The van der Waals surface area contributed by atoms with Crippen LogP contribution in [0.2, 0.25) is 0 Å². The number of esters is 1. The van der Waals surface area contributed by atoms with Crippen molar-refractivity contribution < 1.29 is 23.9 Å². The molecule has 1 aliphatic rings. The van der Waals surface area contributed by atoms with Crippen molar-refractivity contribution >= 4 is 18.0 Å². The molecule has 0 aliphatic carbocycles. The summed E-state index contributed by atoms with van der Waals surface area (Å²) in [6, 6.07) is -0.725. The first-order chi connectivity index (χ1) is 11.5. The number of rotatable bonds is 8. The van der Waals surface area contributed by atoms with Crippen LogP contribution in [-0.2, 0) is 19.1 Å². The Morgan fingerprint density at radius 1 is 1.04 bits per heavy atom. The first-order valence-corrected chi connectivity index (χ1v) is 8.61. The molecule has 1 saturated heterocycles. The molecular weight excluding hydrogens is 314 g/mol. The number of nitrogens with two attached hydrogens (primary N) is 1. The van der Waals surface area contributed by atoms with Gasteiger partial charge in [-0.25, -0.2) is 4.79 Å². The molecule has 24 heavy (non-hydrogen) atoms. The summed E-state index contributed by atoms with van der Waals surface area (Å²) in [6.45, 7) is 6.22. The molecule has 1 rings (SSSR count). The Labute approximate surface area is 143 Å². The van der Waals surface area contributed by atoms with E-state index >= 15 is 0 Å². The largest absolute Gasteiger partial charge is 0.466 e. The summed E-state index contributed by atoms with van der Waals surface area (Å²) in [5.41, 5.74) is 5.86. The van der Waals surface area contributed by atoms with Gasteiger partial charge in [-0.05, 0) is 19.8 Å². The van der Waals surface area contributed by atoms with Crippen molar-refractivity contribution in [3.8, 4) is 0 Å². The fourth-order valence-corrected chi connectivity index (χ4v) is 2.37. The quantitative estimate of drug-likeness (QED) is 0.515. The molecule has 1 aliphatic heterocycles. The van der Waals surface area contributed by atoms with Gasteiger partial charge in [0.2, 0.25) is 5.91 Å². The molecule has 0 saturated carbocycles. The fraction of sp³-hybridized carbons (Fsp3) is 0.812. The van der Waals surface area contributed by atoms with E-state index in [0.29, 0.717) is 39.4 Å². The minimum Gasteiger partial charge on any atom is -0.466 e. The molecule has 8 heteroatoms. The van der Waals surface area contributed by atoms with Crippen LogP contribution in [-0.4, -0.2) is 73.2 Å². The molecule has 2 N–H and O–H groups in total. The summed E-state index contributed by atoms with van der Waals surface area (Å²) in [7, 11) is 0. The van der Waals surface area contributed by atoms with Crippen molar-refractivity contribution in [1.82, 2.24) is 9.80 Å². The van der Waals surface area contributed by atoms with E-state index in [2.05, 4.69) is 0 Å². The summed E-state index contributed by atoms with van der Waals surface area (Å²) in [5, 5.41) is 0. The second-order valence-corrected chi connectivity index (χ2v) is 5.73. The van der Waals surface area contributed by atoms with Crippen molar-refractivity contribution in [2.75, 3.05) is 39.4 Å². The molecule has 0 spiro atoms. The Balaban J connectivity index is 2.31. The van der Waals surface area contributed by atoms with Crippen LogP contribution in [0, 0.1) is 0 Å². The van der Waals surface area contributed by atoms with Crippen LogP contribution in [0.4, 0.5) is 4.79 Å². The Bertz CT molecular complexity index is 422. The number of piperazine rings is 1. The van der Waals surface area contributed by atoms with E-state index in [1.165, 1.54) is 0 Å². The van der Waals surface area contributed by atoms with Gasteiger partial charge in [0.05, 0.1) is 19.3 Å². The molecule has 8 nitrogen and oxygen atoms in total. The van der Waals surface area contributed by atoms with Crippen molar-refractivity contribution in [2.24, 2.45) is 5.73 Å². The number of amides is 2. The van der Waals surface area contributed by atoms with E-state index in [4.69, 9.17) is 15.2 Å². The van der Waals surface area contributed by atoms with Gasteiger partial charge in [0, 0.05) is 32.6 Å². The average molecular weight is 343 g/mol. The van der Waals surface area contributed by atoms with Gasteiger partial charge in [0.25, 0.3) is 0 Å². The summed E-state index contributed by atoms with van der Waals surface area (Å²) in [5.74, 6) is -0.543. The van der Waals surface area contributed by atoms with Gasteiger partial charge in [-0.2, -0.15) is 0 Å². The monoisotopic (exact) mass is 343 g/mol. The van der Waals surface area contributed by atoms with E-state index < -0.39 is 6.04 Å². The summed E-state index contributed by atoms with van der Waals surface area (Å²) in [6.07, 6.45) is 1.88. The van der Waals surface area contributed by atoms with Crippen molar-refractivity contribution in [2.45, 2.75) is 45.6 Å². The first-order valence-electron chi connectivity index (χ1n) is 8.61. The van der Waals surface area contributed by atoms with E-state index in [1.54, 1.807) is 16.7 Å². The van der Waals surface area contributed by atoms with Crippen LogP contribution in [0.25, 0.3) is 0 Å². The van der Waals surface area contributed by atoms with E-state index in [0.717, 1.165) is 12.8 Å². The summed E-state index contributed by atoms with van der Waals surface area (Å²) in [4.78, 5) is 38.7. The number of unbranched alkanes of at least 4 members (excludes halogenated alkanes) is 1. The SMILES string of the molecule is CCCCOC(=O)N1CCN(C(=O)C(N)CCC(=O)OCC)CC1. The number of ether oxygens (including phenoxy) is 2. The predicted molar refractivity (Wildman–Crippen MR) is 88.3 cm³/mol. The van der Waals surface area contributed by atoms with Crippen molar-refractivity contribution in [1.29, 1.82) is 0 Å². The van der Waals surface area contributed by atoms with Gasteiger partial charge in [0.1, 0.15) is 0 Å². The number of carbonyl (C=O) groups excluding carboxylic acids is 3. The predicted octanol–water partition coefficient (Wildman–Crippen LogP) is 0.738. The summed E-state index contributed by atoms with van der Waals surface area (Å²) < 4.78 is 9.98. The number of hydrogen-bond donors (Lipinski definition) is 1. The topological polar surface area (TPSA) is 102 Å². The second kappa shape index (κ2) is 10.9. The smallest absolute Gasteiger partial charge is 0.409 e. The maximum Gasteiger partial charge on any atom is 0.409 e. The van der Waals surface area contributed by atoms with E-state index in [1.807, 2.05) is 6.92 Å². The molecule has 0 aromatic heterocycles. The zero-order valence-corrected chi connectivity index (χ0v) is 14.7. The zero-order chi connectivity index (χ0) is 17.9. The van der Waals surface area contributed by atoms with Crippen LogP contribution in [0.5, 0.6) is 0 Å². The highest BCUT2D eigenvalue weighted by atomic mass is 16.6. The molecule has 138 valence electrons. The van der Waals surface area contributed by atoms with Gasteiger partial charge >= 0.3 is 12.1 Å². The Hall–Kier alpha value is -1.83. The van der Waals surface area contributed by atoms with E-state index in [-0.39, 0.29) is 30.8 Å². The summed E-state index contributed by atoms with van der Waals surface area (Å²) >= 11 is 0. The Kier molecular flexibility index (Phi) is 9.14. The number of nitrogens with zero attached hydrogens (tertiary/aromatic N) is 2. The van der Waals surface area contributed by atoms with Gasteiger partial charge < -0.3 is 25.0 Å². The molecular formula is C16H29N3O5. The normalized spacial score (nSPS) is 15.8. The molecule has 0 bridgehead atoms. The van der Waals surface area contributed by atoms with Crippen molar-refractivity contribution in [3.05, 3.63) is 0 Å². The Morgan fingerprint density at radius 3 is 2.25 bits per heavy atom. The van der Waals surface area contributed by atoms with E-state index in [9.17, 15) is 14.4 Å². The van der Waals surface area contributed by atoms with Crippen LogP contribution in [0.1, 0.15) is 39.5 Å². The highest BCUT2D eigenvalue weighted by Gasteiger charge is 2.28. The molecule has 0 radical (unpaired) electrons. The Morgan fingerprint density at radius 2 is 1.67 bits per heavy atom. The lowest BCUT2D eigenvalue weighted by Gasteiger charge is -2.35. The van der Waals surface area contributed by atoms with Gasteiger partial charge in [-0.3, -0.25) is 9.59 Å². The first kappa shape index (κ1) is 20.2. The van der Waals surface area contributed by atoms with Gasteiger partial charge in [-0.15, -0.1) is 0 Å². The van der Waals surface area contributed by atoms with Gasteiger partial charge in [0.15, 0.2) is 0 Å². The van der Waals surface area contributed by atoms with Crippen molar-refractivity contribution in [3.63, 3.8) is 0 Å². The lowest BCUT2D eigenvalue weighted by atomic mass is 10.1. The third kappa shape index (κ3) is 6.74. The molecule has 1 unspecified atom stereocenters. The van der Waals surface area contributed by atoms with Gasteiger partial charge in [-0.1, -0.05) is 13.3 Å². The average Bonchev–Trinajstić information content (AvgIpc) is 2.59. The van der Waals surface area contributed by atoms with Crippen LogP contribution in [0.15, 0.2) is 0 Å². The molecule has 1 heterocycles. The maximum absolute atomic E-state index is 12.3. The maximum atomic E-state index is 12.3. The van der Waals surface area contributed by atoms with Crippen LogP contribution in [0.3, 0.4) is 0 Å². The highest BCUT2D eigenvalue weighted by Crippen LogP contribution is 2.08. The van der Waals surface area contributed by atoms with Crippen LogP contribution < -0.4 is 5.73 Å². The lowest BCUT2D eigenvalue weighted by molar-refractivity contribution is -0.143. The third-order valence-corrected chi connectivity index (χ3v) is 3.85.